The number of benzene rings is 2. The highest BCUT2D eigenvalue weighted by molar-refractivity contribution is 8.00. The number of fused-ring (bicyclic) bond motifs is 1. The van der Waals surface area contributed by atoms with Crippen molar-refractivity contribution in [2.75, 3.05) is 7.11 Å². The van der Waals surface area contributed by atoms with Gasteiger partial charge in [0.05, 0.1) is 34.0 Å². The van der Waals surface area contributed by atoms with E-state index in [2.05, 4.69) is 5.32 Å². The van der Waals surface area contributed by atoms with E-state index in [1.165, 1.54) is 43.2 Å². The summed E-state index contributed by atoms with van der Waals surface area (Å²) >= 11 is 1.38. The number of aromatic nitrogens is 2. The molecule has 0 radical (unpaired) electrons. The van der Waals surface area contributed by atoms with Gasteiger partial charge in [0.25, 0.3) is 5.69 Å². The molecule has 0 spiro atoms. The molecule has 4 aliphatic carbocycles. The zero-order chi connectivity index (χ0) is 25.0. The fraction of sp³-hybridized carbons (Fsp3) is 0.481. The van der Waals surface area contributed by atoms with Gasteiger partial charge in [-0.25, -0.2) is 4.98 Å². The van der Waals surface area contributed by atoms with Gasteiger partial charge >= 0.3 is 0 Å². The van der Waals surface area contributed by atoms with Gasteiger partial charge in [0.15, 0.2) is 5.16 Å². The van der Waals surface area contributed by atoms with Crippen molar-refractivity contribution in [3.63, 3.8) is 0 Å². The van der Waals surface area contributed by atoms with Gasteiger partial charge in [-0.1, -0.05) is 23.9 Å². The molecule has 2 aromatic carbocycles. The molecule has 4 bridgehead atoms. The number of ether oxygens (including phenoxy) is 1. The van der Waals surface area contributed by atoms with Gasteiger partial charge < -0.3 is 10.1 Å². The largest absolute Gasteiger partial charge is 0.495 e. The predicted molar refractivity (Wildman–Crippen MR) is 139 cm³/mol. The Kier molecular flexibility index (Phi) is 5.70. The van der Waals surface area contributed by atoms with Crippen molar-refractivity contribution >= 4 is 34.4 Å². The molecule has 188 valence electrons. The minimum atomic E-state index is -0.421. The average molecular weight is 507 g/mol. The highest BCUT2D eigenvalue weighted by atomic mass is 32.2. The Balaban J connectivity index is 1.32. The van der Waals surface area contributed by atoms with E-state index in [4.69, 9.17) is 9.72 Å². The third kappa shape index (κ3) is 4.03. The minimum Gasteiger partial charge on any atom is -0.495 e. The SMILES string of the molecule is COc1ccccc1-n1c(SC(C)C(=O)NC23CC4CC(CC(C4)C2)C3)nc2cc([N+](=O)[O-])ccc21. The Bertz CT molecular complexity index is 1320. The van der Waals surface area contributed by atoms with Gasteiger partial charge in [-0.3, -0.25) is 19.5 Å². The maximum atomic E-state index is 13.5. The summed E-state index contributed by atoms with van der Waals surface area (Å²) in [6.07, 6.45) is 7.29. The number of methoxy groups -OCH3 is 1. The van der Waals surface area contributed by atoms with Crippen molar-refractivity contribution in [2.45, 2.75) is 61.4 Å². The third-order valence-electron chi connectivity index (χ3n) is 8.22. The molecule has 7 rings (SSSR count). The Morgan fingerprint density at radius 1 is 1.17 bits per heavy atom. The van der Waals surface area contributed by atoms with Crippen LogP contribution < -0.4 is 10.1 Å². The number of para-hydroxylation sites is 2. The van der Waals surface area contributed by atoms with Crippen molar-refractivity contribution in [3.05, 3.63) is 52.6 Å². The first-order valence-electron chi connectivity index (χ1n) is 12.6. The normalized spacial score (nSPS) is 27.2. The molecule has 1 atom stereocenters. The Labute approximate surface area is 214 Å². The van der Waals surface area contributed by atoms with Crippen molar-refractivity contribution in [1.29, 1.82) is 0 Å². The molecule has 1 aromatic heterocycles. The van der Waals surface area contributed by atoms with Crippen LogP contribution in [0.25, 0.3) is 16.7 Å². The number of carbonyl (C=O) groups excluding carboxylic acids is 1. The monoisotopic (exact) mass is 506 g/mol. The van der Waals surface area contributed by atoms with Crippen LogP contribution in [0.1, 0.15) is 45.4 Å². The second kappa shape index (κ2) is 8.80. The van der Waals surface area contributed by atoms with Crippen LogP contribution in [0, 0.1) is 27.9 Å². The topological polar surface area (TPSA) is 99.3 Å². The quantitative estimate of drug-likeness (QED) is 0.258. The molecule has 1 amide bonds. The summed E-state index contributed by atoms with van der Waals surface area (Å²) in [5.41, 5.74) is 1.93. The number of hydrogen-bond acceptors (Lipinski definition) is 6. The number of non-ortho nitro benzene ring substituents is 1. The molecular weight excluding hydrogens is 476 g/mol. The number of nitro benzene ring substituents is 1. The Hall–Kier alpha value is -3.07. The van der Waals surface area contributed by atoms with Crippen molar-refractivity contribution in [1.82, 2.24) is 14.9 Å². The molecule has 1 heterocycles. The van der Waals surface area contributed by atoms with Crippen LogP contribution in [0.15, 0.2) is 47.6 Å². The summed E-state index contributed by atoms with van der Waals surface area (Å²) in [4.78, 5) is 29.2. The molecule has 4 aliphatic rings. The number of carbonyl (C=O) groups is 1. The second-order valence-electron chi connectivity index (χ2n) is 10.8. The van der Waals surface area contributed by atoms with Gasteiger partial charge in [-0.15, -0.1) is 0 Å². The lowest BCUT2D eigenvalue weighted by molar-refractivity contribution is -0.384. The molecule has 4 saturated carbocycles. The summed E-state index contributed by atoms with van der Waals surface area (Å²) in [5, 5.41) is 15.1. The van der Waals surface area contributed by atoms with E-state index in [9.17, 15) is 14.9 Å². The van der Waals surface area contributed by atoms with E-state index in [1.807, 2.05) is 35.8 Å². The van der Waals surface area contributed by atoms with Crippen LogP contribution in [-0.2, 0) is 4.79 Å². The molecule has 36 heavy (non-hydrogen) atoms. The van der Waals surface area contributed by atoms with Gasteiger partial charge in [-0.2, -0.15) is 0 Å². The summed E-state index contributed by atoms with van der Waals surface area (Å²) in [7, 11) is 1.61. The molecular formula is C27H30N4O4S. The van der Waals surface area contributed by atoms with Crippen LogP contribution in [-0.4, -0.2) is 38.3 Å². The number of nitrogens with one attached hydrogen (secondary N) is 1. The van der Waals surface area contributed by atoms with Crippen LogP contribution in [0.2, 0.25) is 0 Å². The second-order valence-corrected chi connectivity index (χ2v) is 12.1. The van der Waals surface area contributed by atoms with Crippen LogP contribution in [0.4, 0.5) is 5.69 Å². The Morgan fingerprint density at radius 2 is 1.83 bits per heavy atom. The first-order chi connectivity index (χ1) is 17.3. The lowest BCUT2D eigenvalue weighted by Crippen LogP contribution is -2.60. The minimum absolute atomic E-state index is 0.0173. The summed E-state index contributed by atoms with van der Waals surface area (Å²) in [5.74, 6) is 2.95. The lowest BCUT2D eigenvalue weighted by atomic mass is 9.53. The molecule has 1 unspecified atom stereocenters. The van der Waals surface area contributed by atoms with Crippen molar-refractivity contribution in [3.8, 4) is 11.4 Å². The molecule has 9 heteroatoms. The van der Waals surface area contributed by atoms with Crippen molar-refractivity contribution in [2.24, 2.45) is 17.8 Å². The number of thioether (sulfide) groups is 1. The number of hydrogen-bond donors (Lipinski definition) is 1. The molecule has 4 fully saturated rings. The summed E-state index contributed by atoms with van der Waals surface area (Å²) < 4.78 is 7.53. The fourth-order valence-corrected chi connectivity index (χ4v) is 8.06. The smallest absolute Gasteiger partial charge is 0.271 e. The maximum absolute atomic E-state index is 13.5. The zero-order valence-corrected chi connectivity index (χ0v) is 21.3. The summed E-state index contributed by atoms with van der Waals surface area (Å²) in [6.45, 7) is 1.91. The van der Waals surface area contributed by atoms with Crippen LogP contribution in [0.3, 0.4) is 0 Å². The number of rotatable bonds is 7. The highest BCUT2D eigenvalue weighted by Crippen LogP contribution is 2.55. The number of amides is 1. The fourth-order valence-electron chi connectivity index (χ4n) is 7.12. The lowest BCUT2D eigenvalue weighted by Gasteiger charge is -2.57. The number of nitro groups is 1. The van der Waals surface area contributed by atoms with E-state index >= 15 is 0 Å². The van der Waals surface area contributed by atoms with Crippen molar-refractivity contribution < 1.29 is 14.5 Å². The predicted octanol–water partition coefficient (Wildman–Crippen LogP) is 5.51. The first-order valence-corrected chi connectivity index (χ1v) is 13.5. The van der Waals surface area contributed by atoms with E-state index in [1.54, 1.807) is 13.2 Å². The third-order valence-corrected chi connectivity index (χ3v) is 9.27. The number of imidazole rings is 1. The van der Waals surface area contributed by atoms with Gasteiger partial charge in [-0.05, 0) is 81.4 Å². The Morgan fingerprint density at radius 3 is 2.47 bits per heavy atom. The van der Waals surface area contributed by atoms with E-state index in [0.717, 1.165) is 48.2 Å². The van der Waals surface area contributed by atoms with Gasteiger partial charge in [0, 0.05) is 17.7 Å². The van der Waals surface area contributed by atoms with E-state index in [0.29, 0.717) is 16.4 Å². The number of nitrogens with zero attached hydrogens (tertiary/aromatic N) is 3. The molecule has 1 N–H and O–H groups in total. The van der Waals surface area contributed by atoms with Gasteiger partial charge in [0.1, 0.15) is 5.75 Å². The molecule has 8 nitrogen and oxygen atoms in total. The van der Waals surface area contributed by atoms with E-state index in [-0.39, 0.29) is 22.4 Å². The average Bonchev–Trinajstić information content (AvgIpc) is 3.19. The standard InChI is InChI=1S/C27H30N4O4S/c1-16(25(32)29-27-13-17-9-18(14-27)11-19(10-17)15-27)36-26-28-21-12-20(31(33)34)7-8-22(21)30(26)23-5-3-4-6-24(23)35-2/h3-8,12,16-19H,9-11,13-15H2,1-2H3,(H,29,32). The highest BCUT2D eigenvalue weighted by Gasteiger charge is 2.51. The molecule has 3 aromatic rings. The zero-order valence-electron chi connectivity index (χ0n) is 20.5. The van der Waals surface area contributed by atoms with Gasteiger partial charge in [0.2, 0.25) is 5.91 Å². The van der Waals surface area contributed by atoms with E-state index < -0.39 is 4.92 Å². The summed E-state index contributed by atoms with van der Waals surface area (Å²) in [6, 6.07) is 12.2. The molecule has 0 saturated heterocycles. The first kappa shape index (κ1) is 23.3. The molecule has 0 aliphatic heterocycles. The van der Waals surface area contributed by atoms with Crippen LogP contribution in [0.5, 0.6) is 5.75 Å². The van der Waals surface area contributed by atoms with Crippen LogP contribution >= 0.6 is 11.8 Å². The maximum Gasteiger partial charge on any atom is 0.271 e.